The molecule has 3 heterocycles. The second-order valence-corrected chi connectivity index (χ2v) is 8.89. The lowest BCUT2D eigenvalue weighted by atomic mass is 9.88. The maximum Gasteiger partial charge on any atom is 0.255 e. The van der Waals surface area contributed by atoms with Gasteiger partial charge in [0.25, 0.3) is 5.56 Å². The van der Waals surface area contributed by atoms with Crippen LogP contribution in [-0.2, 0) is 6.54 Å². The molecule has 0 spiro atoms. The lowest BCUT2D eigenvalue weighted by molar-refractivity contribution is 0.318. The van der Waals surface area contributed by atoms with E-state index in [0.717, 1.165) is 54.0 Å². The Kier molecular flexibility index (Phi) is 6.63. The van der Waals surface area contributed by atoms with E-state index in [4.69, 9.17) is 0 Å². The average molecular weight is 439 g/mol. The monoisotopic (exact) mass is 438 g/mol. The molecule has 5 nitrogen and oxygen atoms in total. The van der Waals surface area contributed by atoms with E-state index in [1.807, 2.05) is 18.5 Å². The van der Waals surface area contributed by atoms with E-state index in [1.54, 1.807) is 10.6 Å². The van der Waals surface area contributed by atoms with Gasteiger partial charge in [-0.1, -0.05) is 13.0 Å². The van der Waals surface area contributed by atoms with Crippen LogP contribution >= 0.6 is 12.4 Å². The van der Waals surface area contributed by atoms with Crippen LogP contribution in [0, 0.1) is 5.92 Å². The number of likely N-dealkylation sites (tertiary alicyclic amines) is 1. The van der Waals surface area contributed by atoms with Gasteiger partial charge in [-0.05, 0) is 86.5 Å². The maximum atomic E-state index is 12.8. The van der Waals surface area contributed by atoms with Crippen LogP contribution in [0.1, 0.15) is 44.6 Å². The van der Waals surface area contributed by atoms with E-state index >= 15 is 0 Å². The third-order valence-corrected chi connectivity index (χ3v) is 6.69. The van der Waals surface area contributed by atoms with Crippen molar-refractivity contribution in [1.29, 1.82) is 0 Å². The van der Waals surface area contributed by atoms with Crippen LogP contribution in [0.2, 0.25) is 0 Å². The van der Waals surface area contributed by atoms with Gasteiger partial charge in [-0.3, -0.25) is 14.0 Å². The molecule has 164 valence electrons. The number of hydrogen-bond donors (Lipinski definition) is 0. The number of nitrogens with zero attached hydrogens (tertiary/aromatic N) is 4. The molecular formula is C25H31ClN4O. The minimum Gasteiger partial charge on any atom is -0.301 e. The van der Waals surface area contributed by atoms with Crippen molar-refractivity contribution in [3.05, 3.63) is 64.7 Å². The Morgan fingerprint density at radius 1 is 1.10 bits per heavy atom. The quantitative estimate of drug-likeness (QED) is 0.568. The molecule has 1 aliphatic heterocycles. The van der Waals surface area contributed by atoms with Crippen LogP contribution in [0.4, 0.5) is 0 Å². The van der Waals surface area contributed by atoms with E-state index < -0.39 is 0 Å². The van der Waals surface area contributed by atoms with Gasteiger partial charge in [-0.15, -0.1) is 12.4 Å². The van der Waals surface area contributed by atoms with Crippen LogP contribution in [0.25, 0.3) is 22.2 Å². The minimum atomic E-state index is 0. The Balaban J connectivity index is 0.00000231. The number of hydrogen-bond acceptors (Lipinski definition) is 3. The Hall–Kier alpha value is -2.37. The van der Waals surface area contributed by atoms with E-state index in [0.29, 0.717) is 0 Å². The molecule has 1 atom stereocenters. The zero-order chi connectivity index (χ0) is 20.5. The molecule has 31 heavy (non-hydrogen) atoms. The SMILES string of the molecule is CC1CC=C(c2ccn(-c3ccc4c(cnn4CCN4CCCC4)c3)c(=O)c2)CC1.Cl. The number of halogens is 1. The number of aromatic nitrogens is 3. The highest BCUT2D eigenvalue weighted by Gasteiger charge is 2.14. The van der Waals surface area contributed by atoms with Gasteiger partial charge in [0.15, 0.2) is 0 Å². The van der Waals surface area contributed by atoms with Crippen LogP contribution < -0.4 is 5.56 Å². The molecule has 1 aliphatic carbocycles. The second kappa shape index (κ2) is 9.41. The van der Waals surface area contributed by atoms with Gasteiger partial charge in [0.2, 0.25) is 0 Å². The van der Waals surface area contributed by atoms with Crippen LogP contribution in [0.15, 0.2) is 53.6 Å². The molecule has 5 rings (SSSR count). The number of fused-ring (bicyclic) bond motifs is 1. The number of benzene rings is 1. The Labute approximate surface area is 189 Å². The van der Waals surface area contributed by atoms with E-state index in [1.165, 1.54) is 37.9 Å². The normalized spacial score (nSPS) is 19.4. The van der Waals surface area contributed by atoms with Gasteiger partial charge >= 0.3 is 0 Å². The smallest absolute Gasteiger partial charge is 0.255 e. The largest absolute Gasteiger partial charge is 0.301 e. The molecule has 0 amide bonds. The lowest BCUT2D eigenvalue weighted by Crippen LogP contribution is -2.24. The van der Waals surface area contributed by atoms with Crippen LogP contribution in [-0.4, -0.2) is 38.9 Å². The summed E-state index contributed by atoms with van der Waals surface area (Å²) in [6, 6.07) is 10.0. The first kappa shape index (κ1) is 21.8. The molecule has 3 aromatic rings. The average Bonchev–Trinajstić information content (AvgIpc) is 3.42. The fraction of sp³-hybridized carbons (Fsp3) is 0.440. The van der Waals surface area contributed by atoms with Gasteiger partial charge in [-0.25, -0.2) is 0 Å². The van der Waals surface area contributed by atoms with Crippen LogP contribution in [0.5, 0.6) is 0 Å². The first-order valence-corrected chi connectivity index (χ1v) is 11.3. The molecule has 2 aliphatic rings. The van der Waals surface area contributed by atoms with E-state index in [-0.39, 0.29) is 18.0 Å². The van der Waals surface area contributed by atoms with Gasteiger partial charge in [0, 0.05) is 29.9 Å². The van der Waals surface area contributed by atoms with Gasteiger partial charge in [0.1, 0.15) is 0 Å². The topological polar surface area (TPSA) is 43.1 Å². The van der Waals surface area contributed by atoms with Gasteiger partial charge in [0.05, 0.1) is 18.3 Å². The summed E-state index contributed by atoms with van der Waals surface area (Å²) < 4.78 is 3.82. The minimum absolute atomic E-state index is 0. The summed E-state index contributed by atoms with van der Waals surface area (Å²) in [5.74, 6) is 0.747. The number of allylic oxidation sites excluding steroid dienone is 2. The highest BCUT2D eigenvalue weighted by Crippen LogP contribution is 2.29. The van der Waals surface area contributed by atoms with Crippen molar-refractivity contribution in [2.24, 2.45) is 5.92 Å². The van der Waals surface area contributed by atoms with Crippen molar-refractivity contribution in [3.63, 3.8) is 0 Å². The maximum absolute atomic E-state index is 12.8. The Morgan fingerprint density at radius 2 is 1.94 bits per heavy atom. The standard InChI is InChI=1S/C25H30N4O.ClH/c1-19-4-6-20(7-5-19)21-10-13-28(25(30)17-21)23-8-9-24-22(16-23)18-26-29(24)15-14-27-11-2-3-12-27;/h6,8-10,13,16-19H,2-5,7,11-12,14-15H2,1H3;1H. The van der Waals surface area contributed by atoms with Crippen molar-refractivity contribution in [2.45, 2.75) is 45.6 Å². The summed E-state index contributed by atoms with van der Waals surface area (Å²) in [5, 5.41) is 5.67. The lowest BCUT2D eigenvalue weighted by Gasteiger charge is -2.18. The van der Waals surface area contributed by atoms with E-state index in [9.17, 15) is 4.79 Å². The zero-order valence-corrected chi connectivity index (χ0v) is 19.0. The predicted molar refractivity (Wildman–Crippen MR) is 129 cm³/mol. The first-order valence-electron chi connectivity index (χ1n) is 11.3. The summed E-state index contributed by atoms with van der Waals surface area (Å²) in [4.78, 5) is 15.4. The second-order valence-electron chi connectivity index (χ2n) is 8.89. The highest BCUT2D eigenvalue weighted by atomic mass is 35.5. The molecule has 1 unspecified atom stereocenters. The number of pyridine rings is 1. The first-order chi connectivity index (χ1) is 14.7. The molecule has 1 saturated heterocycles. The molecular weight excluding hydrogens is 408 g/mol. The fourth-order valence-electron chi connectivity index (χ4n) is 4.76. The predicted octanol–water partition coefficient (Wildman–Crippen LogP) is 4.91. The van der Waals surface area contributed by atoms with E-state index in [2.05, 4.69) is 45.9 Å². The molecule has 0 saturated carbocycles. The van der Waals surface area contributed by atoms with Crippen LogP contribution in [0.3, 0.4) is 0 Å². The van der Waals surface area contributed by atoms with Gasteiger partial charge in [-0.2, -0.15) is 5.10 Å². The van der Waals surface area contributed by atoms with Crippen molar-refractivity contribution in [3.8, 4) is 5.69 Å². The zero-order valence-electron chi connectivity index (χ0n) is 18.2. The van der Waals surface area contributed by atoms with Crippen molar-refractivity contribution < 1.29 is 0 Å². The third kappa shape index (κ3) is 4.63. The molecule has 6 heteroatoms. The summed E-state index contributed by atoms with van der Waals surface area (Å²) in [5.41, 5.74) is 4.42. The molecule has 0 N–H and O–H groups in total. The fourth-order valence-corrected chi connectivity index (χ4v) is 4.76. The van der Waals surface area contributed by atoms with Crippen molar-refractivity contribution in [1.82, 2.24) is 19.2 Å². The summed E-state index contributed by atoms with van der Waals surface area (Å²) in [6.45, 7) is 6.66. The third-order valence-electron chi connectivity index (χ3n) is 6.69. The summed E-state index contributed by atoms with van der Waals surface area (Å²) >= 11 is 0. The number of rotatable bonds is 5. The summed E-state index contributed by atoms with van der Waals surface area (Å²) in [6.07, 6.45) is 12.1. The highest BCUT2D eigenvalue weighted by molar-refractivity contribution is 5.85. The molecule has 2 aromatic heterocycles. The molecule has 1 fully saturated rings. The molecule has 0 bridgehead atoms. The van der Waals surface area contributed by atoms with Crippen molar-refractivity contribution in [2.75, 3.05) is 19.6 Å². The Bertz CT molecular complexity index is 1140. The summed E-state index contributed by atoms with van der Waals surface area (Å²) in [7, 11) is 0. The Morgan fingerprint density at radius 3 is 2.68 bits per heavy atom. The van der Waals surface area contributed by atoms with Gasteiger partial charge < -0.3 is 4.90 Å². The molecule has 0 radical (unpaired) electrons. The van der Waals surface area contributed by atoms with Crippen molar-refractivity contribution >= 4 is 28.9 Å². The molecule has 1 aromatic carbocycles.